The zero-order valence-electron chi connectivity index (χ0n) is 15.8. The normalized spacial score (nSPS) is 20.8. The summed E-state index contributed by atoms with van der Waals surface area (Å²) in [5, 5.41) is 0. The molecule has 0 aromatic heterocycles. The van der Waals surface area contributed by atoms with Gasteiger partial charge >= 0.3 is 5.97 Å². The van der Waals surface area contributed by atoms with Crippen LogP contribution in [0.4, 0.5) is 0 Å². The van der Waals surface area contributed by atoms with Crippen molar-refractivity contribution < 1.29 is 28.7 Å². The number of benzene rings is 1. The molecule has 1 aromatic carbocycles. The van der Waals surface area contributed by atoms with E-state index in [2.05, 4.69) is 0 Å². The fourth-order valence-electron chi connectivity index (χ4n) is 3.50. The molecule has 0 N–H and O–H groups in total. The van der Waals surface area contributed by atoms with Crippen molar-refractivity contribution in [1.82, 2.24) is 4.90 Å². The van der Waals surface area contributed by atoms with Gasteiger partial charge in [0.15, 0.2) is 12.4 Å². The lowest BCUT2D eigenvalue weighted by atomic mass is 9.85. The number of fused-ring (bicyclic) bond motifs is 1. The molecule has 0 spiro atoms. The van der Waals surface area contributed by atoms with Crippen molar-refractivity contribution in [1.29, 1.82) is 0 Å². The number of rotatable bonds is 8. The van der Waals surface area contributed by atoms with Crippen LogP contribution in [0.3, 0.4) is 0 Å². The zero-order valence-corrected chi connectivity index (χ0v) is 15.8. The summed E-state index contributed by atoms with van der Waals surface area (Å²) in [5.41, 5.74) is 0.415. The van der Waals surface area contributed by atoms with Gasteiger partial charge in [0.05, 0.1) is 24.9 Å². The van der Waals surface area contributed by atoms with Gasteiger partial charge in [-0.1, -0.05) is 12.2 Å². The van der Waals surface area contributed by atoms with Gasteiger partial charge in [-0.3, -0.25) is 24.1 Å². The summed E-state index contributed by atoms with van der Waals surface area (Å²) in [4.78, 5) is 49.9. The highest BCUT2D eigenvalue weighted by Gasteiger charge is 2.46. The number of Topliss-reactive ketones (excluding diaryl/α,β-unsaturated/α-hetero) is 1. The molecule has 0 bridgehead atoms. The number of nitrogens with zero attached hydrogens (tertiary/aromatic N) is 1. The minimum Gasteiger partial charge on any atom is -0.494 e. The van der Waals surface area contributed by atoms with E-state index in [1.54, 1.807) is 24.3 Å². The summed E-state index contributed by atoms with van der Waals surface area (Å²) in [7, 11) is 0. The summed E-state index contributed by atoms with van der Waals surface area (Å²) in [6.07, 6.45) is 4.83. The lowest BCUT2D eigenvalue weighted by molar-refractivity contribution is -0.145. The van der Waals surface area contributed by atoms with Crippen LogP contribution in [0, 0.1) is 11.8 Å². The van der Waals surface area contributed by atoms with Crippen molar-refractivity contribution in [3.63, 3.8) is 0 Å². The van der Waals surface area contributed by atoms with Crippen LogP contribution >= 0.6 is 0 Å². The Balaban J connectivity index is 1.45. The number of imide groups is 1. The molecule has 2 aliphatic rings. The largest absolute Gasteiger partial charge is 0.494 e. The predicted octanol–water partition coefficient (Wildman–Crippen LogP) is 2.15. The quantitative estimate of drug-likeness (QED) is 0.295. The van der Waals surface area contributed by atoms with Crippen molar-refractivity contribution >= 4 is 23.6 Å². The van der Waals surface area contributed by atoms with Crippen LogP contribution in [0.25, 0.3) is 0 Å². The SMILES string of the molecule is CCOc1ccc(C(=O)COC(=O)CCN2C(=O)[C@H]3CC=CC[C@@H]3C2=O)cc1. The van der Waals surface area contributed by atoms with E-state index in [9.17, 15) is 19.2 Å². The monoisotopic (exact) mass is 385 g/mol. The Kier molecular flexibility index (Phi) is 6.23. The summed E-state index contributed by atoms with van der Waals surface area (Å²) in [6.45, 7) is 2.00. The molecule has 1 heterocycles. The number of amides is 2. The Morgan fingerprint density at radius 2 is 1.64 bits per heavy atom. The minimum absolute atomic E-state index is 0.0132. The lowest BCUT2D eigenvalue weighted by Crippen LogP contribution is -2.33. The third kappa shape index (κ3) is 4.30. The van der Waals surface area contributed by atoms with E-state index < -0.39 is 5.97 Å². The Morgan fingerprint density at radius 3 is 2.21 bits per heavy atom. The molecule has 1 aromatic rings. The summed E-state index contributed by atoms with van der Waals surface area (Å²) >= 11 is 0. The number of carbonyl (C=O) groups excluding carboxylic acids is 4. The highest BCUT2D eigenvalue weighted by molar-refractivity contribution is 6.05. The van der Waals surface area contributed by atoms with Crippen LogP contribution in [0.5, 0.6) is 5.75 Å². The maximum Gasteiger partial charge on any atom is 0.308 e. The lowest BCUT2D eigenvalue weighted by Gasteiger charge is -2.14. The van der Waals surface area contributed by atoms with E-state index in [0.717, 1.165) is 4.90 Å². The molecular formula is C21H23NO6. The van der Waals surface area contributed by atoms with Crippen LogP contribution in [0.2, 0.25) is 0 Å². The van der Waals surface area contributed by atoms with Crippen molar-refractivity contribution in [3.8, 4) is 5.75 Å². The number of carbonyl (C=O) groups is 4. The fourth-order valence-corrected chi connectivity index (χ4v) is 3.50. The van der Waals surface area contributed by atoms with E-state index in [1.165, 1.54) is 0 Å². The molecule has 2 amide bonds. The van der Waals surface area contributed by atoms with E-state index in [0.29, 0.717) is 30.8 Å². The summed E-state index contributed by atoms with van der Waals surface area (Å²) < 4.78 is 10.3. The van der Waals surface area contributed by atoms with Crippen LogP contribution in [-0.2, 0) is 19.1 Å². The van der Waals surface area contributed by atoms with E-state index in [4.69, 9.17) is 9.47 Å². The fraction of sp³-hybridized carbons (Fsp3) is 0.429. The maximum atomic E-state index is 12.3. The van der Waals surface area contributed by atoms with Crippen LogP contribution < -0.4 is 4.74 Å². The molecule has 148 valence electrons. The molecule has 1 fully saturated rings. The molecule has 7 nitrogen and oxygen atoms in total. The molecule has 1 saturated heterocycles. The molecule has 28 heavy (non-hydrogen) atoms. The summed E-state index contributed by atoms with van der Waals surface area (Å²) in [6, 6.07) is 6.58. The number of hydrogen-bond acceptors (Lipinski definition) is 6. The molecule has 1 aliphatic heterocycles. The number of likely N-dealkylation sites (tertiary alicyclic amines) is 1. The van der Waals surface area contributed by atoms with Crippen molar-refractivity contribution in [3.05, 3.63) is 42.0 Å². The first kappa shape index (κ1) is 19.8. The predicted molar refractivity (Wildman–Crippen MR) is 99.6 cm³/mol. The van der Waals surface area contributed by atoms with E-state index in [1.807, 2.05) is 19.1 Å². The molecule has 0 unspecified atom stereocenters. The first-order chi connectivity index (χ1) is 13.5. The van der Waals surface area contributed by atoms with Crippen molar-refractivity contribution in [2.24, 2.45) is 11.8 Å². The standard InChI is InChI=1S/C21H23NO6/c1-2-27-15-9-7-14(8-10-15)18(23)13-28-19(24)11-12-22-20(25)16-5-3-4-6-17(16)21(22)26/h3-4,7-10,16-17H,2,5-6,11-13H2,1H3/t16-,17-/m0/s1. The van der Waals surface area contributed by atoms with Gasteiger partial charge < -0.3 is 9.47 Å². The van der Waals surface area contributed by atoms with Gasteiger partial charge in [0, 0.05) is 12.1 Å². The highest BCUT2D eigenvalue weighted by Crippen LogP contribution is 2.35. The van der Waals surface area contributed by atoms with Crippen LogP contribution in [0.15, 0.2) is 36.4 Å². The van der Waals surface area contributed by atoms with Gasteiger partial charge in [-0.25, -0.2) is 0 Å². The minimum atomic E-state index is -0.618. The summed E-state index contributed by atoms with van der Waals surface area (Å²) in [5.74, 6) is -1.36. The number of hydrogen-bond donors (Lipinski definition) is 0. The van der Waals surface area contributed by atoms with Gasteiger partial charge in [0.25, 0.3) is 0 Å². The third-order valence-electron chi connectivity index (χ3n) is 4.99. The average Bonchev–Trinajstić information content (AvgIpc) is 2.96. The average molecular weight is 385 g/mol. The number of allylic oxidation sites excluding steroid dienone is 2. The van der Waals surface area contributed by atoms with Gasteiger partial charge in [0.2, 0.25) is 11.8 Å². The van der Waals surface area contributed by atoms with Gasteiger partial charge in [-0.05, 0) is 44.0 Å². The molecule has 7 heteroatoms. The Morgan fingerprint density at radius 1 is 1.04 bits per heavy atom. The Labute approximate surface area is 163 Å². The van der Waals surface area contributed by atoms with Gasteiger partial charge in [0.1, 0.15) is 5.75 Å². The number of esters is 1. The van der Waals surface area contributed by atoms with Gasteiger partial charge in [-0.2, -0.15) is 0 Å². The zero-order chi connectivity index (χ0) is 20.1. The van der Waals surface area contributed by atoms with Gasteiger partial charge in [-0.15, -0.1) is 0 Å². The second-order valence-corrected chi connectivity index (χ2v) is 6.78. The van der Waals surface area contributed by atoms with E-state index >= 15 is 0 Å². The smallest absolute Gasteiger partial charge is 0.308 e. The Bertz CT molecular complexity index is 772. The van der Waals surface area contributed by atoms with Crippen LogP contribution in [0.1, 0.15) is 36.5 Å². The molecule has 0 radical (unpaired) electrons. The van der Waals surface area contributed by atoms with Crippen molar-refractivity contribution in [2.45, 2.75) is 26.2 Å². The molecule has 0 saturated carbocycles. The Hall–Kier alpha value is -2.96. The van der Waals surface area contributed by atoms with Crippen LogP contribution in [-0.4, -0.2) is 48.2 Å². The third-order valence-corrected chi connectivity index (χ3v) is 4.99. The second-order valence-electron chi connectivity index (χ2n) is 6.78. The topological polar surface area (TPSA) is 90.0 Å². The molecule has 2 atom stereocenters. The first-order valence-electron chi connectivity index (χ1n) is 9.43. The second kappa shape index (κ2) is 8.82. The maximum absolute atomic E-state index is 12.3. The highest BCUT2D eigenvalue weighted by atomic mass is 16.5. The number of ether oxygens (including phenoxy) is 2. The molecule has 1 aliphatic carbocycles. The first-order valence-corrected chi connectivity index (χ1v) is 9.43. The number of ketones is 1. The molecule has 3 rings (SSSR count). The van der Waals surface area contributed by atoms with E-state index in [-0.39, 0.29) is 49.0 Å². The molecular weight excluding hydrogens is 362 g/mol. The van der Waals surface area contributed by atoms with Crippen molar-refractivity contribution in [2.75, 3.05) is 19.8 Å².